The first kappa shape index (κ1) is 21.7. The third-order valence-electron chi connectivity index (χ3n) is 5.16. The Kier molecular flexibility index (Phi) is 7.38. The van der Waals surface area contributed by atoms with Gasteiger partial charge in [-0.2, -0.15) is 0 Å². The highest BCUT2D eigenvalue weighted by Crippen LogP contribution is 2.34. The molecule has 0 atom stereocenters. The highest BCUT2D eigenvalue weighted by atomic mass is 19.1. The van der Waals surface area contributed by atoms with Gasteiger partial charge < -0.3 is 19.1 Å². The predicted molar refractivity (Wildman–Crippen MR) is 114 cm³/mol. The van der Waals surface area contributed by atoms with Crippen LogP contribution >= 0.6 is 0 Å². The van der Waals surface area contributed by atoms with E-state index >= 15 is 0 Å². The van der Waals surface area contributed by atoms with Crippen molar-refractivity contribution in [3.05, 3.63) is 47.8 Å². The molecule has 0 saturated carbocycles. The molecule has 7 heteroatoms. The second kappa shape index (κ2) is 10.2. The van der Waals surface area contributed by atoms with Crippen LogP contribution in [0, 0.1) is 5.82 Å². The molecule has 2 aromatic carbocycles. The summed E-state index contributed by atoms with van der Waals surface area (Å²) in [6.45, 7) is 4.11. The van der Waals surface area contributed by atoms with E-state index in [0.29, 0.717) is 42.5 Å². The maximum Gasteiger partial charge on any atom is 0.324 e. The van der Waals surface area contributed by atoms with E-state index in [4.69, 9.17) is 14.2 Å². The average Bonchev–Trinajstić information content (AvgIpc) is 3.11. The third kappa shape index (κ3) is 4.96. The summed E-state index contributed by atoms with van der Waals surface area (Å²) < 4.78 is 30.3. The van der Waals surface area contributed by atoms with Crippen molar-refractivity contribution >= 4 is 11.7 Å². The largest absolute Gasteiger partial charge is 0.496 e. The molecule has 2 amide bonds. The summed E-state index contributed by atoms with van der Waals surface area (Å²) >= 11 is 0. The lowest BCUT2D eigenvalue weighted by Crippen LogP contribution is -2.31. The van der Waals surface area contributed by atoms with Crippen LogP contribution in [-0.2, 0) is 6.54 Å². The predicted octanol–water partition coefficient (Wildman–Crippen LogP) is 4.85. The zero-order chi connectivity index (χ0) is 21.5. The van der Waals surface area contributed by atoms with Gasteiger partial charge in [-0.3, -0.25) is 4.90 Å². The Balaban J connectivity index is 1.73. The number of unbranched alkanes of at least 4 members (excludes halogenated alkanes) is 2. The molecule has 0 radical (unpaired) electrons. The molecule has 6 nitrogen and oxygen atoms in total. The summed E-state index contributed by atoms with van der Waals surface area (Å²) in [5.41, 5.74) is 1.39. The topological polar surface area (TPSA) is 51.2 Å². The van der Waals surface area contributed by atoms with Crippen molar-refractivity contribution in [2.75, 3.05) is 38.8 Å². The van der Waals surface area contributed by atoms with E-state index in [-0.39, 0.29) is 18.4 Å². The molecule has 1 saturated heterocycles. The number of nitrogens with zero attached hydrogens (tertiary/aromatic N) is 2. The molecule has 2 aromatic rings. The number of ether oxygens (including phenoxy) is 3. The Morgan fingerprint density at radius 3 is 2.47 bits per heavy atom. The summed E-state index contributed by atoms with van der Waals surface area (Å²) in [6.07, 6.45) is 3.19. The van der Waals surface area contributed by atoms with Gasteiger partial charge in [0.1, 0.15) is 11.6 Å². The number of anilines is 1. The number of carbonyl (C=O) groups is 1. The second-order valence-corrected chi connectivity index (χ2v) is 7.20. The number of urea groups is 1. The number of amides is 2. The van der Waals surface area contributed by atoms with Gasteiger partial charge in [-0.1, -0.05) is 19.8 Å². The molecule has 0 aliphatic carbocycles. The minimum atomic E-state index is -0.352. The molecular formula is C23H29FN2O4. The minimum absolute atomic E-state index is 0.136. The van der Waals surface area contributed by atoms with Crippen LogP contribution in [0.4, 0.5) is 14.9 Å². The molecule has 0 aromatic heterocycles. The first-order chi connectivity index (χ1) is 14.6. The fourth-order valence-electron chi connectivity index (χ4n) is 3.53. The van der Waals surface area contributed by atoms with Gasteiger partial charge in [0, 0.05) is 30.4 Å². The summed E-state index contributed by atoms with van der Waals surface area (Å²) in [7, 11) is 3.14. The van der Waals surface area contributed by atoms with E-state index in [0.717, 1.165) is 24.9 Å². The first-order valence-electron chi connectivity index (χ1n) is 10.3. The summed E-state index contributed by atoms with van der Waals surface area (Å²) in [5, 5.41) is 0. The number of hydrogen-bond donors (Lipinski definition) is 0. The molecule has 0 spiro atoms. The van der Waals surface area contributed by atoms with Crippen LogP contribution in [0.2, 0.25) is 0 Å². The van der Waals surface area contributed by atoms with Crippen LogP contribution in [0.1, 0.15) is 31.7 Å². The van der Waals surface area contributed by atoms with Crippen molar-refractivity contribution < 1.29 is 23.4 Å². The van der Waals surface area contributed by atoms with Crippen molar-refractivity contribution in [1.82, 2.24) is 4.90 Å². The molecule has 1 aliphatic rings. The van der Waals surface area contributed by atoms with Gasteiger partial charge in [0.2, 0.25) is 0 Å². The van der Waals surface area contributed by atoms with E-state index in [1.54, 1.807) is 23.0 Å². The standard InChI is InChI=1S/C23H29FN2O4/c1-4-5-6-13-30-22-15-19(8-10-21(22)29-3)26-12-11-25(23(26)27)16-17-14-18(24)7-9-20(17)28-2/h7-10,14-15H,4-6,11-13,16H2,1-3H3. The Morgan fingerprint density at radius 2 is 1.73 bits per heavy atom. The van der Waals surface area contributed by atoms with Gasteiger partial charge in [0.05, 0.1) is 27.4 Å². The Morgan fingerprint density at radius 1 is 0.967 bits per heavy atom. The lowest BCUT2D eigenvalue weighted by molar-refractivity contribution is 0.218. The zero-order valence-electron chi connectivity index (χ0n) is 17.8. The fraction of sp³-hybridized carbons (Fsp3) is 0.435. The van der Waals surface area contributed by atoms with Crippen LogP contribution in [0.3, 0.4) is 0 Å². The molecule has 0 unspecified atom stereocenters. The molecule has 162 valence electrons. The van der Waals surface area contributed by atoms with Crippen molar-refractivity contribution in [2.24, 2.45) is 0 Å². The molecule has 0 N–H and O–H groups in total. The van der Waals surface area contributed by atoms with E-state index < -0.39 is 0 Å². The maximum atomic E-state index is 13.7. The highest BCUT2D eigenvalue weighted by molar-refractivity contribution is 5.94. The van der Waals surface area contributed by atoms with E-state index in [2.05, 4.69) is 6.92 Å². The van der Waals surface area contributed by atoms with Gasteiger partial charge >= 0.3 is 6.03 Å². The number of rotatable bonds is 10. The molecule has 1 fully saturated rings. The molecule has 0 bridgehead atoms. The summed E-state index contributed by atoms with van der Waals surface area (Å²) in [6, 6.07) is 9.70. The lowest BCUT2D eigenvalue weighted by atomic mass is 10.2. The quantitative estimate of drug-likeness (QED) is 0.520. The van der Waals surface area contributed by atoms with Gasteiger partial charge in [-0.15, -0.1) is 0 Å². The average molecular weight is 416 g/mol. The van der Waals surface area contributed by atoms with Gasteiger partial charge in [-0.25, -0.2) is 9.18 Å². The van der Waals surface area contributed by atoms with E-state index in [1.807, 2.05) is 18.2 Å². The Labute approximate surface area is 177 Å². The van der Waals surface area contributed by atoms with Gasteiger partial charge in [0.15, 0.2) is 11.5 Å². The molecular weight excluding hydrogens is 387 g/mol. The van der Waals surface area contributed by atoms with Crippen LogP contribution < -0.4 is 19.1 Å². The molecule has 30 heavy (non-hydrogen) atoms. The number of benzene rings is 2. The first-order valence-corrected chi connectivity index (χ1v) is 10.3. The Bertz CT molecular complexity index is 874. The van der Waals surface area contributed by atoms with Crippen molar-refractivity contribution in [2.45, 2.75) is 32.7 Å². The minimum Gasteiger partial charge on any atom is -0.496 e. The highest BCUT2D eigenvalue weighted by Gasteiger charge is 2.30. The summed E-state index contributed by atoms with van der Waals surface area (Å²) in [4.78, 5) is 16.4. The zero-order valence-corrected chi connectivity index (χ0v) is 17.8. The smallest absolute Gasteiger partial charge is 0.324 e. The molecule has 1 heterocycles. The third-order valence-corrected chi connectivity index (χ3v) is 5.16. The van der Waals surface area contributed by atoms with Gasteiger partial charge in [0.25, 0.3) is 0 Å². The van der Waals surface area contributed by atoms with Crippen molar-refractivity contribution in [3.8, 4) is 17.2 Å². The van der Waals surface area contributed by atoms with Crippen LogP contribution in [-0.4, -0.2) is 44.8 Å². The van der Waals surface area contributed by atoms with Crippen molar-refractivity contribution in [1.29, 1.82) is 0 Å². The van der Waals surface area contributed by atoms with Crippen molar-refractivity contribution in [3.63, 3.8) is 0 Å². The monoisotopic (exact) mass is 416 g/mol. The van der Waals surface area contributed by atoms with Crippen LogP contribution in [0.15, 0.2) is 36.4 Å². The second-order valence-electron chi connectivity index (χ2n) is 7.20. The van der Waals surface area contributed by atoms with Crippen LogP contribution in [0.25, 0.3) is 0 Å². The van der Waals surface area contributed by atoms with E-state index in [1.165, 1.54) is 19.2 Å². The lowest BCUT2D eigenvalue weighted by Gasteiger charge is -2.21. The van der Waals surface area contributed by atoms with E-state index in [9.17, 15) is 9.18 Å². The normalized spacial score (nSPS) is 13.7. The Hall–Kier alpha value is -2.96. The fourth-order valence-corrected chi connectivity index (χ4v) is 3.53. The van der Waals surface area contributed by atoms with Crippen LogP contribution in [0.5, 0.6) is 17.2 Å². The maximum absolute atomic E-state index is 13.7. The number of halogens is 1. The molecule has 3 rings (SSSR count). The summed E-state index contributed by atoms with van der Waals surface area (Å²) in [5.74, 6) is 1.48. The molecule has 1 aliphatic heterocycles. The number of carbonyl (C=O) groups excluding carboxylic acids is 1. The number of methoxy groups -OCH3 is 2. The SMILES string of the molecule is CCCCCOc1cc(N2CCN(Cc3cc(F)ccc3OC)C2=O)ccc1OC. The number of hydrogen-bond acceptors (Lipinski definition) is 4. The van der Waals surface area contributed by atoms with Gasteiger partial charge in [-0.05, 0) is 36.8 Å².